The normalized spacial score (nSPS) is 16.3. The molecule has 0 saturated heterocycles. The van der Waals surface area contributed by atoms with Crippen molar-refractivity contribution in [2.75, 3.05) is 0 Å². The first-order valence-electron chi connectivity index (χ1n) is 6.82. The van der Waals surface area contributed by atoms with Crippen LogP contribution in [0.25, 0.3) is 6.08 Å². The van der Waals surface area contributed by atoms with E-state index in [0.717, 1.165) is 37.9 Å². The van der Waals surface area contributed by atoms with Crippen molar-refractivity contribution < 1.29 is 4.79 Å². The van der Waals surface area contributed by atoms with E-state index in [1.165, 1.54) is 0 Å². The van der Waals surface area contributed by atoms with E-state index >= 15 is 0 Å². The molecule has 1 aliphatic carbocycles. The number of hydrogen-bond donors (Lipinski definition) is 1. The van der Waals surface area contributed by atoms with E-state index in [0.29, 0.717) is 0 Å². The molecule has 1 aromatic heterocycles. The molecule has 1 aromatic rings. The summed E-state index contributed by atoms with van der Waals surface area (Å²) in [7, 11) is 0. The number of aryl methyl sites for hydroxylation is 1. The fourth-order valence-electron chi connectivity index (χ4n) is 2.48. The first-order valence-corrected chi connectivity index (χ1v) is 6.82. The SMILES string of the molecule is CCn1cccc1/C=C(/C#N)C(=O)NC1CCCC1. The van der Waals surface area contributed by atoms with Crippen LogP contribution in [0.5, 0.6) is 0 Å². The average molecular weight is 257 g/mol. The van der Waals surface area contributed by atoms with Gasteiger partial charge in [0, 0.05) is 24.5 Å². The van der Waals surface area contributed by atoms with Gasteiger partial charge in [0.25, 0.3) is 5.91 Å². The lowest BCUT2D eigenvalue weighted by Gasteiger charge is -2.11. The highest BCUT2D eigenvalue weighted by Gasteiger charge is 2.19. The Labute approximate surface area is 113 Å². The smallest absolute Gasteiger partial charge is 0.262 e. The topological polar surface area (TPSA) is 57.8 Å². The van der Waals surface area contributed by atoms with Crippen LogP contribution < -0.4 is 5.32 Å². The standard InChI is InChI=1S/C15H19N3O/c1-2-18-9-5-8-14(18)10-12(11-16)15(19)17-13-6-3-4-7-13/h5,8-10,13H,2-4,6-7H2,1H3,(H,17,19)/b12-10-. The zero-order valence-corrected chi connectivity index (χ0v) is 11.2. The van der Waals surface area contributed by atoms with Crippen molar-refractivity contribution >= 4 is 12.0 Å². The van der Waals surface area contributed by atoms with Gasteiger partial charge in [0.2, 0.25) is 0 Å². The molecule has 4 heteroatoms. The van der Waals surface area contributed by atoms with Gasteiger partial charge in [-0.05, 0) is 38.0 Å². The molecule has 100 valence electrons. The second kappa shape index (κ2) is 6.24. The number of nitriles is 1. The third-order valence-electron chi connectivity index (χ3n) is 3.55. The van der Waals surface area contributed by atoms with Gasteiger partial charge in [-0.1, -0.05) is 12.8 Å². The fourth-order valence-corrected chi connectivity index (χ4v) is 2.48. The van der Waals surface area contributed by atoms with Crippen molar-refractivity contribution in [3.8, 4) is 6.07 Å². The van der Waals surface area contributed by atoms with E-state index in [-0.39, 0.29) is 17.5 Å². The van der Waals surface area contributed by atoms with Crippen molar-refractivity contribution in [2.24, 2.45) is 0 Å². The minimum atomic E-state index is -0.252. The Morgan fingerprint density at radius 1 is 1.58 bits per heavy atom. The molecule has 19 heavy (non-hydrogen) atoms. The van der Waals surface area contributed by atoms with Gasteiger partial charge in [0.1, 0.15) is 11.6 Å². The van der Waals surface area contributed by atoms with Crippen LogP contribution in [0.4, 0.5) is 0 Å². The maximum atomic E-state index is 12.0. The van der Waals surface area contributed by atoms with E-state index in [1.807, 2.05) is 35.9 Å². The van der Waals surface area contributed by atoms with Crippen LogP contribution >= 0.6 is 0 Å². The van der Waals surface area contributed by atoms with Gasteiger partial charge in [0.15, 0.2) is 0 Å². The Balaban J connectivity index is 2.10. The summed E-state index contributed by atoms with van der Waals surface area (Å²) in [5, 5.41) is 12.1. The Kier molecular flexibility index (Phi) is 4.40. The number of carbonyl (C=O) groups is 1. The summed E-state index contributed by atoms with van der Waals surface area (Å²) in [4.78, 5) is 12.0. The summed E-state index contributed by atoms with van der Waals surface area (Å²) in [5.41, 5.74) is 1.07. The third-order valence-corrected chi connectivity index (χ3v) is 3.55. The molecule has 1 fully saturated rings. The minimum absolute atomic E-state index is 0.181. The van der Waals surface area contributed by atoms with Crippen LogP contribution in [0.15, 0.2) is 23.9 Å². The van der Waals surface area contributed by atoms with Gasteiger partial charge in [0.05, 0.1) is 0 Å². The number of nitrogens with zero attached hydrogens (tertiary/aromatic N) is 2. The van der Waals surface area contributed by atoms with Gasteiger partial charge in [-0.2, -0.15) is 5.26 Å². The van der Waals surface area contributed by atoms with E-state index in [1.54, 1.807) is 6.08 Å². The second-order valence-electron chi connectivity index (χ2n) is 4.84. The van der Waals surface area contributed by atoms with Crippen molar-refractivity contribution in [1.82, 2.24) is 9.88 Å². The number of nitrogens with one attached hydrogen (secondary N) is 1. The molecule has 0 aliphatic heterocycles. The zero-order chi connectivity index (χ0) is 13.7. The van der Waals surface area contributed by atoms with Gasteiger partial charge in [-0.15, -0.1) is 0 Å². The summed E-state index contributed by atoms with van der Waals surface area (Å²) in [6.07, 6.45) is 7.97. The third kappa shape index (κ3) is 3.25. The molecule has 1 saturated carbocycles. The average Bonchev–Trinajstić information content (AvgIpc) is 3.06. The molecule has 1 N–H and O–H groups in total. The lowest BCUT2D eigenvalue weighted by molar-refractivity contribution is -0.117. The molecule has 0 radical (unpaired) electrons. The highest BCUT2D eigenvalue weighted by Crippen LogP contribution is 2.18. The molecular weight excluding hydrogens is 238 g/mol. The molecular formula is C15H19N3O. The number of amides is 1. The van der Waals surface area contributed by atoms with E-state index in [9.17, 15) is 4.79 Å². The molecule has 0 spiro atoms. The highest BCUT2D eigenvalue weighted by molar-refractivity contribution is 6.01. The lowest BCUT2D eigenvalue weighted by Crippen LogP contribution is -2.33. The number of hydrogen-bond acceptors (Lipinski definition) is 2. The molecule has 0 bridgehead atoms. The first-order chi connectivity index (χ1) is 9.24. The van der Waals surface area contributed by atoms with Crippen LogP contribution in [0.2, 0.25) is 0 Å². The Morgan fingerprint density at radius 3 is 2.95 bits per heavy atom. The van der Waals surface area contributed by atoms with Crippen molar-refractivity contribution in [2.45, 2.75) is 45.2 Å². The first kappa shape index (κ1) is 13.4. The Hall–Kier alpha value is -2.02. The van der Waals surface area contributed by atoms with E-state index < -0.39 is 0 Å². The number of carbonyl (C=O) groups excluding carboxylic acids is 1. The molecule has 0 unspecified atom stereocenters. The van der Waals surface area contributed by atoms with Gasteiger partial charge in [-0.25, -0.2) is 0 Å². The summed E-state index contributed by atoms with van der Waals surface area (Å²) in [6.45, 7) is 2.85. The Bertz CT molecular complexity index is 516. The van der Waals surface area contributed by atoms with Gasteiger partial charge >= 0.3 is 0 Å². The maximum absolute atomic E-state index is 12.0. The zero-order valence-electron chi connectivity index (χ0n) is 11.2. The molecule has 1 amide bonds. The van der Waals surface area contributed by atoms with E-state index in [2.05, 4.69) is 5.32 Å². The molecule has 1 aliphatic rings. The van der Waals surface area contributed by atoms with Crippen molar-refractivity contribution in [3.05, 3.63) is 29.6 Å². The summed E-state index contributed by atoms with van der Waals surface area (Å²) >= 11 is 0. The predicted octanol–water partition coefficient (Wildman–Crippen LogP) is 2.47. The van der Waals surface area contributed by atoms with Crippen LogP contribution in [0.3, 0.4) is 0 Å². The summed E-state index contributed by atoms with van der Waals surface area (Å²) in [5.74, 6) is -0.252. The van der Waals surface area contributed by atoms with Crippen LogP contribution in [0.1, 0.15) is 38.3 Å². The number of rotatable bonds is 4. The van der Waals surface area contributed by atoms with Crippen molar-refractivity contribution in [3.63, 3.8) is 0 Å². The predicted molar refractivity (Wildman–Crippen MR) is 74.1 cm³/mol. The van der Waals surface area contributed by atoms with Gasteiger partial charge < -0.3 is 9.88 Å². The number of aromatic nitrogens is 1. The summed E-state index contributed by atoms with van der Waals surface area (Å²) in [6, 6.07) is 6.06. The van der Waals surface area contributed by atoms with Gasteiger partial charge in [-0.3, -0.25) is 4.79 Å². The Morgan fingerprint density at radius 2 is 2.32 bits per heavy atom. The largest absolute Gasteiger partial charge is 0.349 e. The van der Waals surface area contributed by atoms with Crippen molar-refractivity contribution in [1.29, 1.82) is 5.26 Å². The van der Waals surface area contributed by atoms with Crippen LogP contribution in [-0.2, 0) is 11.3 Å². The fraction of sp³-hybridized carbons (Fsp3) is 0.467. The molecule has 0 aromatic carbocycles. The molecule has 1 heterocycles. The molecule has 4 nitrogen and oxygen atoms in total. The quantitative estimate of drug-likeness (QED) is 0.665. The summed E-state index contributed by atoms with van der Waals surface area (Å²) < 4.78 is 2.00. The maximum Gasteiger partial charge on any atom is 0.262 e. The second-order valence-corrected chi connectivity index (χ2v) is 4.84. The molecule has 2 rings (SSSR count). The highest BCUT2D eigenvalue weighted by atomic mass is 16.1. The monoisotopic (exact) mass is 257 g/mol. The van der Waals surface area contributed by atoms with Crippen LogP contribution in [0, 0.1) is 11.3 Å². The van der Waals surface area contributed by atoms with E-state index in [4.69, 9.17) is 5.26 Å². The minimum Gasteiger partial charge on any atom is -0.349 e. The lowest BCUT2D eigenvalue weighted by atomic mass is 10.2. The van der Waals surface area contributed by atoms with Crippen LogP contribution in [-0.4, -0.2) is 16.5 Å². The molecule has 0 atom stereocenters.